The third kappa shape index (κ3) is 5.25. The highest BCUT2D eigenvalue weighted by Crippen LogP contribution is 2.36. The van der Waals surface area contributed by atoms with Crippen molar-refractivity contribution in [3.63, 3.8) is 0 Å². The van der Waals surface area contributed by atoms with Crippen LogP contribution in [0.1, 0.15) is 44.6 Å². The summed E-state index contributed by atoms with van der Waals surface area (Å²) in [6, 6.07) is 1.92. The van der Waals surface area contributed by atoms with E-state index in [1.165, 1.54) is 17.2 Å². The van der Waals surface area contributed by atoms with E-state index < -0.39 is 27.5 Å². The van der Waals surface area contributed by atoms with Crippen LogP contribution < -0.4 is 4.90 Å². The highest BCUT2D eigenvalue weighted by Gasteiger charge is 2.40. The molecule has 0 aliphatic carbocycles. The number of unbranched alkanes of at least 4 members (excludes halogenated alkanes) is 1. The largest absolute Gasteiger partial charge is 0.419 e. The van der Waals surface area contributed by atoms with E-state index in [-0.39, 0.29) is 35.8 Å². The Labute approximate surface area is 175 Å². The molecule has 2 atom stereocenters. The Morgan fingerprint density at radius 2 is 2.10 bits per heavy atom. The quantitative estimate of drug-likeness (QED) is 0.670. The second-order valence-corrected chi connectivity index (χ2v) is 10.3. The van der Waals surface area contributed by atoms with Gasteiger partial charge in [-0.3, -0.25) is 4.79 Å². The van der Waals surface area contributed by atoms with E-state index in [1.54, 1.807) is 4.90 Å². The van der Waals surface area contributed by atoms with Gasteiger partial charge < -0.3 is 9.80 Å². The Morgan fingerprint density at radius 3 is 2.73 bits per heavy atom. The molecular formula is C20H28F3N3O3S. The number of nitrogens with zero attached hydrogens (tertiary/aromatic N) is 3. The maximum Gasteiger partial charge on any atom is 0.419 e. The maximum absolute atomic E-state index is 13.4. The Balaban J connectivity index is 1.79. The Morgan fingerprint density at radius 1 is 1.33 bits per heavy atom. The minimum absolute atomic E-state index is 0.0304. The van der Waals surface area contributed by atoms with E-state index >= 15 is 0 Å². The Bertz CT molecular complexity index is 860. The molecule has 1 aromatic rings. The van der Waals surface area contributed by atoms with Gasteiger partial charge >= 0.3 is 6.18 Å². The molecule has 6 nitrogen and oxygen atoms in total. The zero-order valence-corrected chi connectivity index (χ0v) is 17.9. The maximum atomic E-state index is 13.4. The number of rotatable bonds is 6. The van der Waals surface area contributed by atoms with Crippen molar-refractivity contribution in [2.75, 3.05) is 36.0 Å². The summed E-state index contributed by atoms with van der Waals surface area (Å²) >= 11 is 0. The highest BCUT2D eigenvalue weighted by molar-refractivity contribution is 7.91. The Kier molecular flexibility index (Phi) is 6.94. The fourth-order valence-electron chi connectivity index (χ4n) is 4.30. The number of carbonyl (C=O) groups excluding carboxylic acids is 1. The van der Waals surface area contributed by atoms with Crippen molar-refractivity contribution in [2.24, 2.45) is 5.92 Å². The molecule has 3 rings (SSSR count). The summed E-state index contributed by atoms with van der Waals surface area (Å²) in [4.78, 5) is 20.5. The van der Waals surface area contributed by atoms with Crippen molar-refractivity contribution in [3.8, 4) is 0 Å². The van der Waals surface area contributed by atoms with Crippen molar-refractivity contribution in [2.45, 2.75) is 51.2 Å². The summed E-state index contributed by atoms with van der Waals surface area (Å²) in [7, 11) is -3.14. The van der Waals surface area contributed by atoms with Crippen LogP contribution in [0.3, 0.4) is 0 Å². The van der Waals surface area contributed by atoms with E-state index in [4.69, 9.17) is 0 Å². The number of piperidine rings is 1. The first-order chi connectivity index (χ1) is 14.1. The van der Waals surface area contributed by atoms with Crippen LogP contribution in [0, 0.1) is 5.92 Å². The van der Waals surface area contributed by atoms with Gasteiger partial charge in [0, 0.05) is 31.9 Å². The van der Waals surface area contributed by atoms with Gasteiger partial charge in [0.1, 0.15) is 5.82 Å². The molecule has 2 fully saturated rings. The molecule has 2 unspecified atom stereocenters. The predicted octanol–water partition coefficient (Wildman–Crippen LogP) is 3.13. The molecule has 2 aliphatic rings. The molecule has 2 saturated heterocycles. The minimum atomic E-state index is -4.52. The standard InChI is InChI=1S/C20H28F3N3O3S/c1-2-3-11-26(16-8-12-30(28,29)14-16)19(27)15-6-5-10-25(13-15)18-17(20(21,22)23)7-4-9-24-18/h4,7,9,15-16H,2-3,5-6,8,10-14H2,1H3. The summed E-state index contributed by atoms with van der Waals surface area (Å²) in [5.74, 6) is -0.724. The third-order valence-corrected chi connectivity index (χ3v) is 7.60. The van der Waals surface area contributed by atoms with Crippen molar-refractivity contribution >= 4 is 21.6 Å². The van der Waals surface area contributed by atoms with Gasteiger partial charge in [-0.1, -0.05) is 13.3 Å². The average molecular weight is 448 g/mol. The van der Waals surface area contributed by atoms with Gasteiger partial charge in [-0.15, -0.1) is 0 Å². The normalized spacial score (nSPS) is 24.1. The molecule has 0 radical (unpaired) electrons. The van der Waals surface area contributed by atoms with Crippen LogP contribution in [0.5, 0.6) is 0 Å². The van der Waals surface area contributed by atoms with Crippen LogP contribution in [0.2, 0.25) is 0 Å². The monoisotopic (exact) mass is 447 g/mol. The zero-order valence-electron chi connectivity index (χ0n) is 17.1. The molecule has 2 aliphatic heterocycles. The number of hydrogen-bond acceptors (Lipinski definition) is 5. The number of carbonyl (C=O) groups is 1. The van der Waals surface area contributed by atoms with E-state index in [1.807, 2.05) is 6.92 Å². The van der Waals surface area contributed by atoms with E-state index in [9.17, 15) is 26.4 Å². The molecule has 0 bridgehead atoms. The molecule has 3 heterocycles. The molecule has 10 heteroatoms. The lowest BCUT2D eigenvalue weighted by Crippen LogP contribution is -2.49. The smallest absolute Gasteiger partial charge is 0.355 e. The predicted molar refractivity (Wildman–Crippen MR) is 108 cm³/mol. The van der Waals surface area contributed by atoms with Gasteiger partial charge in [0.05, 0.1) is 23.0 Å². The lowest BCUT2D eigenvalue weighted by molar-refractivity contribution is -0.137. The Hall–Kier alpha value is -1.84. The summed E-state index contributed by atoms with van der Waals surface area (Å²) in [6.07, 6.45) is 0.00608. The zero-order chi connectivity index (χ0) is 21.9. The molecule has 168 valence electrons. The summed E-state index contributed by atoms with van der Waals surface area (Å²) in [6.45, 7) is 3.03. The van der Waals surface area contributed by atoms with E-state index in [0.717, 1.165) is 18.9 Å². The number of aromatic nitrogens is 1. The number of amides is 1. The molecular weight excluding hydrogens is 419 g/mol. The minimum Gasteiger partial charge on any atom is -0.355 e. The highest BCUT2D eigenvalue weighted by atomic mass is 32.2. The number of alkyl halides is 3. The number of halogens is 3. The van der Waals surface area contributed by atoms with Gasteiger partial charge in [0.25, 0.3) is 0 Å². The first kappa shape index (κ1) is 22.8. The number of pyridine rings is 1. The molecule has 0 spiro atoms. The first-order valence-corrected chi connectivity index (χ1v) is 12.2. The molecule has 1 amide bonds. The lowest BCUT2D eigenvalue weighted by atomic mass is 9.95. The summed E-state index contributed by atoms with van der Waals surface area (Å²) in [5, 5.41) is 0. The van der Waals surface area contributed by atoms with Crippen LogP contribution in [0.25, 0.3) is 0 Å². The van der Waals surface area contributed by atoms with Gasteiger partial charge in [0.2, 0.25) is 5.91 Å². The van der Waals surface area contributed by atoms with Gasteiger partial charge in [-0.2, -0.15) is 13.2 Å². The SMILES string of the molecule is CCCCN(C(=O)C1CCCN(c2ncccc2C(F)(F)F)C1)C1CCS(=O)(=O)C1. The molecule has 0 aromatic carbocycles. The molecule has 1 aromatic heterocycles. The number of sulfone groups is 1. The van der Waals surface area contributed by atoms with Crippen LogP contribution in [-0.4, -0.2) is 61.4 Å². The summed E-state index contributed by atoms with van der Waals surface area (Å²) in [5.41, 5.74) is -0.803. The second kappa shape index (κ2) is 9.11. The van der Waals surface area contributed by atoms with Crippen molar-refractivity contribution < 1.29 is 26.4 Å². The second-order valence-electron chi connectivity index (χ2n) is 8.10. The summed E-state index contributed by atoms with van der Waals surface area (Å²) < 4.78 is 64.1. The topological polar surface area (TPSA) is 70.6 Å². The van der Waals surface area contributed by atoms with Crippen LogP contribution in [0.4, 0.5) is 19.0 Å². The van der Waals surface area contributed by atoms with Crippen molar-refractivity contribution in [1.82, 2.24) is 9.88 Å². The number of hydrogen-bond donors (Lipinski definition) is 0. The molecule has 0 saturated carbocycles. The van der Waals surface area contributed by atoms with Gasteiger partial charge in [-0.25, -0.2) is 13.4 Å². The molecule has 30 heavy (non-hydrogen) atoms. The van der Waals surface area contributed by atoms with E-state index in [0.29, 0.717) is 32.4 Å². The van der Waals surface area contributed by atoms with Crippen molar-refractivity contribution in [1.29, 1.82) is 0 Å². The van der Waals surface area contributed by atoms with Gasteiger partial charge in [-0.05, 0) is 37.8 Å². The van der Waals surface area contributed by atoms with Crippen molar-refractivity contribution in [3.05, 3.63) is 23.9 Å². The van der Waals surface area contributed by atoms with Crippen LogP contribution >= 0.6 is 0 Å². The average Bonchev–Trinajstić information content (AvgIpc) is 3.07. The van der Waals surface area contributed by atoms with Gasteiger partial charge in [0.15, 0.2) is 9.84 Å². The number of anilines is 1. The van der Waals surface area contributed by atoms with Crippen LogP contribution in [-0.2, 0) is 20.8 Å². The fourth-order valence-corrected chi connectivity index (χ4v) is 6.03. The first-order valence-electron chi connectivity index (χ1n) is 10.4. The third-order valence-electron chi connectivity index (χ3n) is 5.85. The van der Waals surface area contributed by atoms with E-state index in [2.05, 4.69) is 4.98 Å². The fraction of sp³-hybridized carbons (Fsp3) is 0.700. The lowest BCUT2D eigenvalue weighted by Gasteiger charge is -2.38. The molecule has 0 N–H and O–H groups in total. The van der Waals surface area contributed by atoms with Crippen LogP contribution in [0.15, 0.2) is 18.3 Å².